The first-order valence-corrected chi connectivity index (χ1v) is 9.98. The normalized spacial score (nSPS) is 13.7. The highest BCUT2D eigenvalue weighted by molar-refractivity contribution is 8.14. The number of aryl methyl sites for hydroxylation is 2. The van der Waals surface area contributed by atoms with Crippen molar-refractivity contribution in [1.29, 1.82) is 0 Å². The number of amides is 3. The van der Waals surface area contributed by atoms with E-state index in [0.717, 1.165) is 22.2 Å². The van der Waals surface area contributed by atoms with Gasteiger partial charge in [-0.25, -0.2) is 4.79 Å². The number of carbonyl (C=O) groups is 3. The molecule has 2 aromatic heterocycles. The van der Waals surface area contributed by atoms with Crippen molar-refractivity contribution in [2.24, 2.45) is 0 Å². The van der Waals surface area contributed by atoms with Gasteiger partial charge in [0.05, 0.1) is 11.9 Å². The number of aromatic amines is 1. The van der Waals surface area contributed by atoms with E-state index in [1.54, 1.807) is 25.3 Å². The third-order valence-electron chi connectivity index (χ3n) is 4.38. The highest BCUT2D eigenvalue weighted by atomic mass is 32.2. The first kappa shape index (κ1) is 20.6. The van der Waals surface area contributed by atoms with Crippen LogP contribution in [0.15, 0.2) is 29.3 Å². The summed E-state index contributed by atoms with van der Waals surface area (Å²) in [7, 11) is 0. The molecule has 3 amide bonds. The standard InChI is InChI=1S/C19H20N4O5S/c1-3-12-7-15(11(2)22-17(12)25)13-6-14(9-20-8-13)28-18(26)21-4-5-23-16(24)10-29-19(23)27/h6-9H,3-5,10H2,1-2H3,(H,21,26)(H,22,25). The predicted octanol–water partition coefficient (Wildman–Crippen LogP) is 2.09. The van der Waals surface area contributed by atoms with E-state index in [9.17, 15) is 19.2 Å². The van der Waals surface area contributed by atoms with Crippen LogP contribution in [0.25, 0.3) is 11.1 Å². The molecule has 29 heavy (non-hydrogen) atoms. The number of hydrogen-bond donors (Lipinski definition) is 2. The van der Waals surface area contributed by atoms with Gasteiger partial charge in [0.1, 0.15) is 0 Å². The lowest BCUT2D eigenvalue weighted by atomic mass is 10.0. The van der Waals surface area contributed by atoms with Crippen LogP contribution in [0.4, 0.5) is 9.59 Å². The Morgan fingerprint density at radius 1 is 1.31 bits per heavy atom. The molecule has 0 aromatic carbocycles. The lowest BCUT2D eigenvalue weighted by molar-refractivity contribution is -0.124. The van der Waals surface area contributed by atoms with Gasteiger partial charge in [-0.05, 0) is 25.5 Å². The summed E-state index contributed by atoms with van der Waals surface area (Å²) in [6.07, 6.45) is 2.89. The molecule has 1 aliphatic rings. The molecule has 1 fully saturated rings. The van der Waals surface area contributed by atoms with E-state index in [-0.39, 0.29) is 41.3 Å². The number of ether oxygens (including phenoxy) is 1. The van der Waals surface area contributed by atoms with E-state index in [2.05, 4.69) is 15.3 Å². The number of aromatic nitrogens is 2. The summed E-state index contributed by atoms with van der Waals surface area (Å²) in [4.78, 5) is 55.0. The second-order valence-electron chi connectivity index (χ2n) is 6.34. The minimum Gasteiger partial charge on any atom is -0.409 e. The SMILES string of the molecule is CCc1cc(-c2cncc(OC(=O)NCCN3C(=O)CSC3=O)c2)c(C)[nH]c1=O. The monoisotopic (exact) mass is 416 g/mol. The Morgan fingerprint density at radius 2 is 2.10 bits per heavy atom. The fraction of sp³-hybridized carbons (Fsp3) is 0.316. The Labute approximate surface area is 170 Å². The Hall–Kier alpha value is -3.14. The Morgan fingerprint density at radius 3 is 2.79 bits per heavy atom. The van der Waals surface area contributed by atoms with E-state index < -0.39 is 6.09 Å². The summed E-state index contributed by atoms with van der Waals surface area (Å²) in [5, 5.41) is 2.19. The summed E-state index contributed by atoms with van der Waals surface area (Å²) < 4.78 is 5.24. The first-order valence-electron chi connectivity index (χ1n) is 9.00. The third-order valence-corrected chi connectivity index (χ3v) is 5.23. The van der Waals surface area contributed by atoms with Crippen LogP contribution in [0, 0.1) is 6.92 Å². The second-order valence-corrected chi connectivity index (χ2v) is 7.27. The smallest absolute Gasteiger partial charge is 0.409 e. The zero-order valence-electron chi connectivity index (χ0n) is 16.0. The quantitative estimate of drug-likeness (QED) is 0.739. The molecule has 0 atom stereocenters. The van der Waals surface area contributed by atoms with Gasteiger partial charge in [-0.3, -0.25) is 24.3 Å². The van der Waals surface area contributed by atoms with Crippen molar-refractivity contribution in [3.63, 3.8) is 0 Å². The average molecular weight is 416 g/mol. The Bertz CT molecular complexity index is 1000. The minimum absolute atomic E-state index is 0.0862. The minimum atomic E-state index is -0.719. The van der Waals surface area contributed by atoms with Crippen LogP contribution >= 0.6 is 11.8 Å². The van der Waals surface area contributed by atoms with Gasteiger partial charge < -0.3 is 15.0 Å². The maximum atomic E-state index is 12.0. The number of nitrogens with zero attached hydrogens (tertiary/aromatic N) is 2. The van der Waals surface area contributed by atoms with Crippen LogP contribution in [0.2, 0.25) is 0 Å². The van der Waals surface area contributed by atoms with Gasteiger partial charge in [-0.1, -0.05) is 18.7 Å². The van der Waals surface area contributed by atoms with Gasteiger partial charge >= 0.3 is 6.09 Å². The molecule has 0 bridgehead atoms. The number of thioether (sulfide) groups is 1. The Balaban J connectivity index is 1.64. The molecule has 3 heterocycles. The zero-order valence-corrected chi connectivity index (χ0v) is 16.8. The van der Waals surface area contributed by atoms with Crippen molar-refractivity contribution >= 4 is 29.0 Å². The maximum absolute atomic E-state index is 12.0. The molecule has 0 aliphatic carbocycles. The maximum Gasteiger partial charge on any atom is 0.412 e. The van der Waals surface area contributed by atoms with Crippen molar-refractivity contribution < 1.29 is 19.1 Å². The molecule has 3 rings (SSSR count). The summed E-state index contributed by atoms with van der Waals surface area (Å²) in [6, 6.07) is 3.45. The molecule has 2 aromatic rings. The van der Waals surface area contributed by atoms with Crippen LogP contribution in [-0.4, -0.2) is 50.9 Å². The fourth-order valence-electron chi connectivity index (χ4n) is 2.86. The largest absolute Gasteiger partial charge is 0.412 e. The van der Waals surface area contributed by atoms with E-state index >= 15 is 0 Å². The Kier molecular flexibility index (Phi) is 6.32. The van der Waals surface area contributed by atoms with Crippen molar-refractivity contribution in [2.45, 2.75) is 20.3 Å². The number of carbonyl (C=O) groups excluding carboxylic acids is 3. The van der Waals surface area contributed by atoms with Crippen molar-refractivity contribution in [1.82, 2.24) is 20.2 Å². The van der Waals surface area contributed by atoms with Gasteiger partial charge in [0.15, 0.2) is 5.75 Å². The summed E-state index contributed by atoms with van der Waals surface area (Å²) >= 11 is 0.942. The number of nitrogens with one attached hydrogen (secondary N) is 2. The number of pyridine rings is 2. The molecule has 152 valence electrons. The summed E-state index contributed by atoms with van der Waals surface area (Å²) in [5.41, 5.74) is 2.71. The highest BCUT2D eigenvalue weighted by Crippen LogP contribution is 2.25. The van der Waals surface area contributed by atoms with Gasteiger partial charge in [0, 0.05) is 41.7 Å². The third kappa shape index (κ3) is 4.83. The zero-order chi connectivity index (χ0) is 21.0. The van der Waals surface area contributed by atoms with Crippen molar-refractivity contribution in [3.8, 4) is 16.9 Å². The number of rotatable bonds is 6. The van der Waals surface area contributed by atoms with E-state index in [0.29, 0.717) is 23.2 Å². The number of H-pyrrole nitrogens is 1. The first-order chi connectivity index (χ1) is 13.9. The van der Waals surface area contributed by atoms with E-state index in [1.165, 1.54) is 6.20 Å². The van der Waals surface area contributed by atoms with Crippen molar-refractivity contribution in [2.75, 3.05) is 18.8 Å². The average Bonchev–Trinajstić information content (AvgIpc) is 3.00. The molecule has 1 saturated heterocycles. The molecular formula is C19H20N4O5S. The molecule has 0 unspecified atom stereocenters. The van der Waals surface area contributed by atoms with E-state index in [4.69, 9.17) is 4.74 Å². The van der Waals surface area contributed by atoms with Crippen LogP contribution in [0.3, 0.4) is 0 Å². The molecule has 0 radical (unpaired) electrons. The van der Waals surface area contributed by atoms with Gasteiger partial charge in [0.25, 0.3) is 10.8 Å². The summed E-state index contributed by atoms with van der Waals surface area (Å²) in [5.74, 6) is 0.0911. The molecule has 0 spiro atoms. The molecule has 9 nitrogen and oxygen atoms in total. The van der Waals surface area contributed by atoms with Crippen LogP contribution in [0.5, 0.6) is 5.75 Å². The lowest BCUT2D eigenvalue weighted by Gasteiger charge is -2.13. The molecule has 10 heteroatoms. The lowest BCUT2D eigenvalue weighted by Crippen LogP contribution is -2.38. The summed E-state index contributed by atoms with van der Waals surface area (Å²) in [6.45, 7) is 3.86. The topological polar surface area (TPSA) is 121 Å². The van der Waals surface area contributed by atoms with Crippen LogP contribution in [-0.2, 0) is 11.2 Å². The molecule has 0 saturated carbocycles. The van der Waals surface area contributed by atoms with Crippen molar-refractivity contribution in [3.05, 3.63) is 46.1 Å². The number of hydrogen-bond acceptors (Lipinski definition) is 7. The van der Waals surface area contributed by atoms with E-state index in [1.807, 2.05) is 6.92 Å². The second kappa shape index (κ2) is 8.91. The fourth-order valence-corrected chi connectivity index (χ4v) is 3.61. The highest BCUT2D eigenvalue weighted by Gasteiger charge is 2.29. The van der Waals surface area contributed by atoms with Crippen LogP contribution < -0.4 is 15.6 Å². The van der Waals surface area contributed by atoms with Gasteiger partial charge in [-0.2, -0.15) is 0 Å². The predicted molar refractivity (Wildman–Crippen MR) is 108 cm³/mol. The number of imide groups is 1. The molecule has 2 N–H and O–H groups in total. The van der Waals surface area contributed by atoms with Gasteiger partial charge in [-0.15, -0.1) is 0 Å². The van der Waals surface area contributed by atoms with Gasteiger partial charge in [0.2, 0.25) is 5.91 Å². The van der Waals surface area contributed by atoms with Crippen LogP contribution in [0.1, 0.15) is 18.2 Å². The molecular weight excluding hydrogens is 396 g/mol. The molecule has 1 aliphatic heterocycles.